The maximum atomic E-state index is 13.3. The normalized spacial score (nSPS) is 9.82. The van der Waals surface area contributed by atoms with Crippen molar-refractivity contribution in [3.05, 3.63) is 83.2 Å². The fourth-order valence-corrected chi connectivity index (χ4v) is 2.18. The molecule has 1 aromatic heterocycles. The van der Waals surface area contributed by atoms with Crippen molar-refractivity contribution >= 4 is 19.5 Å². The highest BCUT2D eigenvalue weighted by Crippen LogP contribution is 2.31. The monoisotopic (exact) mass is 475 g/mol. The number of nitrogens with one attached hydrogen (secondary N) is 1. The highest BCUT2D eigenvalue weighted by Gasteiger charge is 2.31. The molecule has 0 unspecified atom stereocenters. The number of imidazole rings is 1. The Morgan fingerprint density at radius 3 is 2.00 bits per heavy atom. The van der Waals surface area contributed by atoms with Crippen LogP contribution in [0.25, 0.3) is 5.69 Å². The number of carbonyl (C=O) groups is 3. The summed E-state index contributed by atoms with van der Waals surface area (Å²) in [6.45, 7) is 5.41. The molecule has 0 aliphatic heterocycles. The van der Waals surface area contributed by atoms with Crippen LogP contribution in [0.2, 0.25) is 0 Å². The summed E-state index contributed by atoms with van der Waals surface area (Å²) in [6.07, 6.45) is -2.30. The summed E-state index contributed by atoms with van der Waals surface area (Å²) in [7, 11) is 1.39. The molecule has 1 N–H and O–H groups in total. The van der Waals surface area contributed by atoms with E-state index in [1.165, 1.54) is 38.4 Å². The minimum absolute atomic E-state index is 0.0188. The van der Waals surface area contributed by atoms with E-state index in [2.05, 4.69) is 10.3 Å². The second kappa shape index (κ2) is 13.5. The molecule has 0 fully saturated rings. The maximum Gasteiger partial charge on any atom is 0.416 e. The number of amides is 1. The smallest absolute Gasteiger partial charge is 0.354 e. The predicted molar refractivity (Wildman–Crippen MR) is 107 cm³/mol. The number of rotatable bonds is 2. The van der Waals surface area contributed by atoms with Crippen molar-refractivity contribution in [1.82, 2.24) is 14.9 Å². The Morgan fingerprint density at radius 1 is 1.00 bits per heavy atom. The fourth-order valence-electron chi connectivity index (χ4n) is 2.18. The lowest BCUT2D eigenvalue weighted by molar-refractivity contribution is -0.137. The third-order valence-electron chi connectivity index (χ3n) is 3.75. The van der Waals surface area contributed by atoms with Crippen molar-refractivity contribution in [1.29, 1.82) is 0 Å². The molecule has 0 saturated carbocycles. The number of benzene rings is 2. The van der Waals surface area contributed by atoms with Crippen LogP contribution in [0.15, 0.2) is 48.9 Å². The highest BCUT2D eigenvalue weighted by molar-refractivity contribution is 5.91. The lowest BCUT2D eigenvalue weighted by atomic mass is 10.2. The summed E-state index contributed by atoms with van der Waals surface area (Å²) >= 11 is 0. The molecule has 0 saturated heterocycles. The molecule has 0 radical (unpaired) electrons. The first-order valence-electron chi connectivity index (χ1n) is 8.65. The predicted octanol–water partition coefficient (Wildman–Crippen LogP) is 4.29. The first kappa shape index (κ1) is 29.0. The van der Waals surface area contributed by atoms with Crippen molar-refractivity contribution in [2.24, 2.45) is 0 Å². The van der Waals surface area contributed by atoms with Gasteiger partial charge >= 0.3 is 6.18 Å². The molecule has 12 heteroatoms. The third-order valence-corrected chi connectivity index (χ3v) is 3.75. The average Bonchev–Trinajstić information content (AvgIpc) is 3.29. The zero-order chi connectivity index (χ0) is 25.8. The molecular weight excluding hydrogens is 456 g/mol. The molecule has 0 atom stereocenters. The average molecular weight is 475 g/mol. The van der Waals surface area contributed by atoms with Gasteiger partial charge in [-0.2, -0.15) is 13.2 Å². The summed E-state index contributed by atoms with van der Waals surface area (Å²) in [6, 6.07) is 5.91. The zero-order valence-electron chi connectivity index (χ0n) is 17.4. The summed E-state index contributed by atoms with van der Waals surface area (Å²) in [5.41, 5.74) is -1.08. The van der Waals surface area contributed by atoms with E-state index >= 15 is 0 Å². The van der Waals surface area contributed by atoms with Crippen LogP contribution in [0, 0.1) is 24.4 Å². The van der Waals surface area contributed by atoms with Crippen molar-refractivity contribution in [3.8, 4) is 5.69 Å². The summed E-state index contributed by atoms with van der Waals surface area (Å²) in [4.78, 5) is 31.0. The zero-order valence-corrected chi connectivity index (χ0v) is 17.4. The quantitative estimate of drug-likeness (QED) is 0.561. The molecule has 3 aromatic rings. The van der Waals surface area contributed by atoms with E-state index in [0.29, 0.717) is 6.07 Å². The topological polar surface area (TPSA) is 81.1 Å². The van der Waals surface area contributed by atoms with Crippen LogP contribution < -0.4 is 5.32 Å². The third kappa shape index (κ3) is 8.59. The van der Waals surface area contributed by atoms with E-state index < -0.39 is 35.1 Å². The Labute approximate surface area is 184 Å². The van der Waals surface area contributed by atoms with Crippen LogP contribution in [0.4, 0.5) is 26.3 Å². The summed E-state index contributed by atoms with van der Waals surface area (Å²) in [5.74, 6) is -2.49. The van der Waals surface area contributed by atoms with E-state index in [4.69, 9.17) is 9.59 Å². The molecular formula is C21H19F6N3O3. The van der Waals surface area contributed by atoms with Crippen molar-refractivity contribution < 1.29 is 40.7 Å². The molecule has 178 valence electrons. The molecule has 0 aliphatic rings. The number of aromatic nitrogens is 2. The largest absolute Gasteiger partial charge is 0.416 e. The first-order valence-corrected chi connectivity index (χ1v) is 8.65. The number of nitrogens with zero attached hydrogens (tertiary/aromatic N) is 2. The molecule has 2 aromatic carbocycles. The minimum Gasteiger partial charge on any atom is -0.354 e. The Bertz CT molecular complexity index is 1030. The molecule has 3 rings (SSSR count). The lowest BCUT2D eigenvalue weighted by Crippen LogP contribution is -2.18. The van der Waals surface area contributed by atoms with Gasteiger partial charge in [0.1, 0.15) is 43.1 Å². The number of hydrogen-bond donors (Lipinski definition) is 1. The molecule has 33 heavy (non-hydrogen) atoms. The van der Waals surface area contributed by atoms with Gasteiger partial charge in [-0.1, -0.05) is 6.07 Å². The number of carbonyl (C=O) groups excluding carboxylic acids is 3. The van der Waals surface area contributed by atoms with Crippen LogP contribution in [0.3, 0.4) is 0 Å². The fraction of sp³-hybridized carbons (Fsp3) is 0.143. The second-order valence-corrected chi connectivity index (χ2v) is 5.79. The SMILES string of the molecule is C=O.C=O.CNC(=O)c1cn(-c2cc(F)cc(C(F)(F)F)c2)cn1.Cc1c(F)cccc1F. The van der Waals surface area contributed by atoms with Crippen molar-refractivity contribution in [3.63, 3.8) is 0 Å². The molecule has 1 heterocycles. The van der Waals surface area contributed by atoms with Gasteiger partial charge in [-0.15, -0.1) is 0 Å². The van der Waals surface area contributed by atoms with Crippen molar-refractivity contribution in [2.45, 2.75) is 13.1 Å². The van der Waals surface area contributed by atoms with Crippen LogP contribution in [-0.2, 0) is 15.8 Å². The van der Waals surface area contributed by atoms with E-state index in [0.717, 1.165) is 23.0 Å². The van der Waals surface area contributed by atoms with Gasteiger partial charge in [0.2, 0.25) is 0 Å². The standard InChI is InChI=1S/C12H9F4N3O.C7H6F2.2CH2O/c1-17-11(20)10-5-19(6-18-10)9-3-7(12(14,15)16)2-8(13)4-9;1-5-6(8)3-2-4-7(5)9;2*1-2/h2-6H,1H3,(H,17,20);2-4H,1H3;2*1H2. The van der Waals surface area contributed by atoms with Crippen LogP contribution >= 0.6 is 0 Å². The summed E-state index contributed by atoms with van der Waals surface area (Å²) in [5, 5.41) is 2.32. The van der Waals surface area contributed by atoms with Gasteiger partial charge in [0.15, 0.2) is 0 Å². The molecule has 0 aliphatic carbocycles. The van der Waals surface area contributed by atoms with E-state index in [1.54, 1.807) is 0 Å². The van der Waals surface area contributed by atoms with E-state index in [1.807, 2.05) is 13.6 Å². The van der Waals surface area contributed by atoms with Gasteiger partial charge in [-0.25, -0.2) is 18.2 Å². The van der Waals surface area contributed by atoms with Gasteiger partial charge in [-0.3, -0.25) is 4.79 Å². The van der Waals surface area contributed by atoms with E-state index in [-0.39, 0.29) is 16.9 Å². The minimum atomic E-state index is -4.65. The Balaban J connectivity index is 0.000000658. The number of alkyl halides is 3. The Kier molecular flexibility index (Phi) is 11.8. The summed E-state index contributed by atoms with van der Waals surface area (Å²) < 4.78 is 76.9. The van der Waals surface area contributed by atoms with Crippen LogP contribution in [0.1, 0.15) is 21.6 Å². The molecule has 0 spiro atoms. The Morgan fingerprint density at radius 2 is 1.55 bits per heavy atom. The van der Waals surface area contributed by atoms with Gasteiger partial charge < -0.3 is 19.5 Å². The van der Waals surface area contributed by atoms with Crippen LogP contribution in [0.5, 0.6) is 0 Å². The van der Waals surface area contributed by atoms with Crippen molar-refractivity contribution in [2.75, 3.05) is 7.05 Å². The van der Waals surface area contributed by atoms with Gasteiger partial charge in [-0.05, 0) is 37.3 Å². The molecule has 0 bridgehead atoms. The van der Waals surface area contributed by atoms with Gasteiger partial charge in [0, 0.05) is 24.5 Å². The molecule has 1 amide bonds. The Hall–Kier alpha value is -3.96. The number of halogens is 6. The first-order chi connectivity index (χ1) is 15.5. The van der Waals surface area contributed by atoms with Gasteiger partial charge in [0.25, 0.3) is 5.91 Å². The van der Waals surface area contributed by atoms with Gasteiger partial charge in [0.05, 0.1) is 5.56 Å². The lowest BCUT2D eigenvalue weighted by Gasteiger charge is -2.09. The van der Waals surface area contributed by atoms with Crippen LogP contribution in [-0.4, -0.2) is 36.1 Å². The maximum absolute atomic E-state index is 13.3. The molecule has 6 nitrogen and oxygen atoms in total. The second-order valence-electron chi connectivity index (χ2n) is 5.79. The van der Waals surface area contributed by atoms with E-state index in [9.17, 15) is 31.1 Å². The highest BCUT2D eigenvalue weighted by atomic mass is 19.4. The number of hydrogen-bond acceptors (Lipinski definition) is 4.